The van der Waals surface area contributed by atoms with E-state index in [-0.39, 0.29) is 0 Å². The zero-order valence-corrected chi connectivity index (χ0v) is 13.6. The molecule has 0 unspecified atom stereocenters. The predicted octanol–water partition coefficient (Wildman–Crippen LogP) is 3.78. The van der Waals surface area contributed by atoms with Crippen LogP contribution >= 0.6 is 22.9 Å². The van der Waals surface area contributed by atoms with Crippen LogP contribution in [0.3, 0.4) is 0 Å². The minimum absolute atomic E-state index is 0.618. The fraction of sp³-hybridized carbons (Fsp3) is 0.571. The number of aryl methyl sites for hydroxylation is 1. The van der Waals surface area contributed by atoms with E-state index in [2.05, 4.69) is 26.6 Å². The number of hydrogen-bond acceptors (Lipinski definition) is 6. The topological polar surface area (TPSA) is 55.0 Å². The van der Waals surface area contributed by atoms with Crippen LogP contribution in [0.15, 0.2) is 5.38 Å². The third-order valence-electron chi connectivity index (χ3n) is 3.53. The van der Waals surface area contributed by atoms with Crippen LogP contribution in [0.5, 0.6) is 0 Å². The Morgan fingerprint density at radius 2 is 2.25 bits per heavy atom. The lowest BCUT2D eigenvalue weighted by atomic mass is 10.2. The Bertz CT molecular complexity index is 586. The lowest BCUT2D eigenvalue weighted by Gasteiger charge is -2.23. The molecule has 1 aliphatic carbocycles. The Morgan fingerprint density at radius 3 is 2.85 bits per heavy atom. The molecule has 1 saturated carbocycles. The molecule has 0 spiro atoms. The first kappa shape index (κ1) is 13.8. The van der Waals surface area contributed by atoms with Crippen LogP contribution in [0, 0.1) is 12.8 Å². The van der Waals surface area contributed by atoms with E-state index in [0.717, 1.165) is 41.7 Å². The van der Waals surface area contributed by atoms with Gasteiger partial charge in [0.05, 0.1) is 16.3 Å². The molecule has 1 fully saturated rings. The molecular formula is C14H20N4S2. The van der Waals surface area contributed by atoms with Gasteiger partial charge in [0.2, 0.25) is 0 Å². The highest BCUT2D eigenvalue weighted by Gasteiger charge is 2.27. The summed E-state index contributed by atoms with van der Waals surface area (Å²) < 4.78 is 4.38. The molecule has 20 heavy (non-hydrogen) atoms. The van der Waals surface area contributed by atoms with Gasteiger partial charge in [0.25, 0.3) is 0 Å². The van der Waals surface area contributed by atoms with Crippen molar-refractivity contribution < 1.29 is 0 Å². The van der Waals surface area contributed by atoms with Crippen molar-refractivity contribution >= 4 is 33.7 Å². The van der Waals surface area contributed by atoms with Crippen LogP contribution < -0.4 is 10.6 Å². The summed E-state index contributed by atoms with van der Waals surface area (Å²) in [4.78, 5) is 7.04. The molecule has 6 heteroatoms. The highest BCUT2D eigenvalue weighted by Crippen LogP contribution is 2.41. The van der Waals surface area contributed by atoms with Crippen LogP contribution in [0.1, 0.15) is 31.2 Å². The van der Waals surface area contributed by atoms with Crippen molar-refractivity contribution in [3.05, 3.63) is 10.4 Å². The number of rotatable bonds is 6. The molecule has 0 saturated heterocycles. The largest absolute Gasteiger partial charge is 0.382 e. The van der Waals surface area contributed by atoms with Crippen LogP contribution in [-0.4, -0.2) is 22.4 Å². The summed E-state index contributed by atoms with van der Waals surface area (Å²) in [6, 6.07) is 0. The van der Waals surface area contributed by atoms with Gasteiger partial charge in [-0.2, -0.15) is 4.37 Å². The first-order valence-corrected chi connectivity index (χ1v) is 8.77. The van der Waals surface area contributed by atoms with E-state index in [1.54, 1.807) is 11.3 Å². The lowest BCUT2D eigenvalue weighted by molar-refractivity contribution is 0.713. The fourth-order valence-corrected chi connectivity index (χ4v) is 3.85. The first-order valence-electron chi connectivity index (χ1n) is 7.11. The van der Waals surface area contributed by atoms with E-state index in [4.69, 9.17) is 5.73 Å². The SMILES string of the molecule is CCCN(CC1CC1)c1snc(N)c1-c1csc(C)n1. The maximum absolute atomic E-state index is 6.10. The molecule has 0 amide bonds. The van der Waals surface area contributed by atoms with E-state index < -0.39 is 0 Å². The van der Waals surface area contributed by atoms with Crippen LogP contribution in [-0.2, 0) is 0 Å². The molecule has 2 aromatic rings. The standard InChI is InChI=1S/C14H20N4S2/c1-3-6-18(7-10-4-5-10)14-12(13(15)17-20-14)11-8-19-9(2)16-11/h8,10H,3-7H2,1-2H3,(H2,15,17). The van der Waals surface area contributed by atoms with Crippen LogP contribution in [0.4, 0.5) is 10.8 Å². The van der Waals surface area contributed by atoms with Crippen molar-refractivity contribution in [2.24, 2.45) is 5.92 Å². The predicted molar refractivity (Wildman–Crippen MR) is 87.6 cm³/mol. The van der Waals surface area contributed by atoms with E-state index in [0.29, 0.717) is 5.82 Å². The molecule has 2 N–H and O–H groups in total. The maximum atomic E-state index is 6.10. The Kier molecular flexibility index (Phi) is 3.94. The van der Waals surface area contributed by atoms with Gasteiger partial charge in [0.15, 0.2) is 0 Å². The molecule has 2 aromatic heterocycles. The zero-order valence-electron chi connectivity index (χ0n) is 11.9. The molecular weight excluding hydrogens is 288 g/mol. The highest BCUT2D eigenvalue weighted by molar-refractivity contribution is 7.11. The number of aromatic nitrogens is 2. The van der Waals surface area contributed by atoms with Gasteiger partial charge in [-0.05, 0) is 43.6 Å². The van der Waals surface area contributed by atoms with Crippen LogP contribution in [0.25, 0.3) is 11.3 Å². The van der Waals surface area contributed by atoms with E-state index in [1.807, 2.05) is 6.92 Å². The van der Waals surface area contributed by atoms with Gasteiger partial charge >= 0.3 is 0 Å². The molecule has 0 bridgehead atoms. The average molecular weight is 308 g/mol. The summed E-state index contributed by atoms with van der Waals surface area (Å²) in [7, 11) is 0. The molecule has 0 radical (unpaired) electrons. The fourth-order valence-electron chi connectivity index (χ4n) is 2.39. The normalized spacial score (nSPS) is 14.7. The van der Waals surface area contributed by atoms with Gasteiger partial charge < -0.3 is 10.6 Å². The van der Waals surface area contributed by atoms with E-state index >= 15 is 0 Å². The van der Waals surface area contributed by atoms with Gasteiger partial charge in [0.1, 0.15) is 10.8 Å². The number of nitrogens with zero attached hydrogens (tertiary/aromatic N) is 3. The van der Waals surface area contributed by atoms with Gasteiger partial charge in [-0.3, -0.25) is 0 Å². The minimum Gasteiger partial charge on any atom is -0.382 e. The maximum Gasteiger partial charge on any atom is 0.148 e. The van der Waals surface area contributed by atoms with Gasteiger partial charge in [-0.15, -0.1) is 11.3 Å². The van der Waals surface area contributed by atoms with E-state index in [1.165, 1.54) is 29.4 Å². The molecule has 2 heterocycles. The molecule has 0 aromatic carbocycles. The molecule has 108 valence electrons. The second kappa shape index (κ2) is 5.69. The van der Waals surface area contributed by atoms with Crippen molar-refractivity contribution in [2.45, 2.75) is 33.1 Å². The lowest BCUT2D eigenvalue weighted by Crippen LogP contribution is -2.26. The van der Waals surface area contributed by atoms with Crippen molar-refractivity contribution in [2.75, 3.05) is 23.7 Å². The highest BCUT2D eigenvalue weighted by atomic mass is 32.1. The smallest absolute Gasteiger partial charge is 0.148 e. The molecule has 0 aliphatic heterocycles. The molecule has 4 nitrogen and oxygen atoms in total. The zero-order chi connectivity index (χ0) is 14.1. The summed E-state index contributed by atoms with van der Waals surface area (Å²) >= 11 is 3.18. The second-order valence-corrected chi connectivity index (χ2v) is 7.20. The minimum atomic E-state index is 0.618. The van der Waals surface area contributed by atoms with Gasteiger partial charge in [-0.25, -0.2) is 4.98 Å². The third-order valence-corrected chi connectivity index (χ3v) is 5.23. The van der Waals surface area contributed by atoms with Crippen LogP contribution in [0.2, 0.25) is 0 Å². The summed E-state index contributed by atoms with van der Waals surface area (Å²) in [6.07, 6.45) is 3.86. The Morgan fingerprint density at radius 1 is 1.45 bits per heavy atom. The quantitative estimate of drug-likeness (QED) is 0.882. The Balaban J connectivity index is 1.95. The second-order valence-electron chi connectivity index (χ2n) is 5.39. The van der Waals surface area contributed by atoms with Crippen molar-refractivity contribution in [3.63, 3.8) is 0 Å². The number of nitrogen functional groups attached to an aromatic ring is 1. The van der Waals surface area contributed by atoms with Gasteiger partial charge in [-0.1, -0.05) is 6.92 Å². The summed E-state index contributed by atoms with van der Waals surface area (Å²) in [5, 5.41) is 4.35. The van der Waals surface area contributed by atoms with Gasteiger partial charge in [0, 0.05) is 18.5 Å². The Labute approximate surface area is 127 Å². The summed E-state index contributed by atoms with van der Waals surface area (Å²) in [5.41, 5.74) is 8.11. The van der Waals surface area contributed by atoms with Crippen molar-refractivity contribution in [1.82, 2.24) is 9.36 Å². The third kappa shape index (κ3) is 2.81. The average Bonchev–Trinajstić information content (AvgIpc) is 3.01. The van der Waals surface area contributed by atoms with Crippen molar-refractivity contribution in [1.29, 1.82) is 0 Å². The molecule has 3 rings (SSSR count). The Hall–Kier alpha value is -1.14. The number of anilines is 2. The summed E-state index contributed by atoms with van der Waals surface area (Å²) in [5.74, 6) is 1.47. The number of thiazole rings is 1. The monoisotopic (exact) mass is 308 g/mol. The first-order chi connectivity index (χ1) is 9.69. The van der Waals surface area contributed by atoms with E-state index in [9.17, 15) is 0 Å². The van der Waals surface area contributed by atoms with Crippen molar-refractivity contribution in [3.8, 4) is 11.3 Å². The molecule has 0 atom stereocenters. The molecule has 1 aliphatic rings. The number of nitrogens with two attached hydrogens (primary N) is 1. The summed E-state index contributed by atoms with van der Waals surface area (Å²) in [6.45, 7) is 6.44. The number of hydrogen-bond donors (Lipinski definition) is 1.